The zero-order chi connectivity index (χ0) is 12.3. The van der Waals surface area contributed by atoms with E-state index in [2.05, 4.69) is 37.6 Å². The number of aliphatic hydroxyl groups excluding tert-OH is 1. The summed E-state index contributed by atoms with van der Waals surface area (Å²) in [6.45, 7) is 9.69. The predicted octanol–water partition coefficient (Wildman–Crippen LogP) is -0.0335. The van der Waals surface area contributed by atoms with Crippen LogP contribution in [-0.2, 0) is 0 Å². The molecule has 96 valence electrons. The molecule has 0 radical (unpaired) electrons. The lowest BCUT2D eigenvalue weighted by Crippen LogP contribution is -2.60. The van der Waals surface area contributed by atoms with Gasteiger partial charge in [0.2, 0.25) is 0 Å². The van der Waals surface area contributed by atoms with Crippen LogP contribution < -0.4 is 5.73 Å². The Hall–Kier alpha value is -0.160. The Morgan fingerprint density at radius 2 is 2.00 bits per heavy atom. The topological polar surface area (TPSA) is 52.7 Å². The molecule has 0 spiro atoms. The number of likely N-dealkylation sites (N-methyl/N-ethyl adjacent to an activating group) is 1. The van der Waals surface area contributed by atoms with Crippen molar-refractivity contribution in [3.63, 3.8) is 0 Å². The maximum atomic E-state index is 9.51. The molecule has 0 bridgehead atoms. The smallest absolute Gasteiger partial charge is 0.0602 e. The Balaban J connectivity index is 2.60. The molecule has 0 aromatic heterocycles. The molecule has 0 saturated carbocycles. The van der Waals surface area contributed by atoms with Gasteiger partial charge in [0.1, 0.15) is 0 Å². The van der Waals surface area contributed by atoms with Crippen molar-refractivity contribution in [3.05, 3.63) is 0 Å². The molecule has 4 heteroatoms. The van der Waals surface area contributed by atoms with Crippen LogP contribution in [0.2, 0.25) is 0 Å². The second-order valence-electron chi connectivity index (χ2n) is 5.40. The lowest BCUT2D eigenvalue weighted by atomic mass is 9.95. The third-order valence-corrected chi connectivity index (χ3v) is 3.86. The molecule has 1 fully saturated rings. The average molecular weight is 229 g/mol. The number of nitrogens with two attached hydrogens (primary N) is 1. The van der Waals surface area contributed by atoms with Crippen molar-refractivity contribution >= 4 is 0 Å². The SMILES string of the molecule is CC(C)C(N)C(CO)N1CCN(C)C(C)C1. The Kier molecular flexibility index (Phi) is 5.18. The summed E-state index contributed by atoms with van der Waals surface area (Å²) in [5.74, 6) is 0.409. The number of piperazine rings is 1. The molecule has 1 heterocycles. The van der Waals surface area contributed by atoms with E-state index in [0.29, 0.717) is 12.0 Å². The average Bonchev–Trinajstić information content (AvgIpc) is 2.24. The van der Waals surface area contributed by atoms with Crippen LogP contribution in [-0.4, -0.2) is 66.3 Å². The van der Waals surface area contributed by atoms with Gasteiger partial charge in [0.15, 0.2) is 0 Å². The molecule has 1 aliphatic rings. The monoisotopic (exact) mass is 229 g/mol. The van der Waals surface area contributed by atoms with E-state index in [1.54, 1.807) is 0 Å². The fourth-order valence-electron chi connectivity index (χ4n) is 2.30. The highest BCUT2D eigenvalue weighted by Gasteiger charge is 2.30. The van der Waals surface area contributed by atoms with E-state index < -0.39 is 0 Å². The number of nitrogens with zero attached hydrogens (tertiary/aromatic N) is 2. The summed E-state index contributed by atoms with van der Waals surface area (Å²) >= 11 is 0. The predicted molar refractivity (Wildman–Crippen MR) is 67.4 cm³/mol. The summed E-state index contributed by atoms with van der Waals surface area (Å²) in [7, 11) is 2.15. The normalized spacial score (nSPS) is 28.3. The van der Waals surface area contributed by atoms with Gasteiger partial charge in [0.05, 0.1) is 6.61 Å². The Morgan fingerprint density at radius 3 is 2.44 bits per heavy atom. The van der Waals surface area contributed by atoms with Crippen molar-refractivity contribution in [1.29, 1.82) is 0 Å². The first-order valence-corrected chi connectivity index (χ1v) is 6.28. The first-order chi connectivity index (χ1) is 7.47. The fourth-order valence-corrected chi connectivity index (χ4v) is 2.30. The molecule has 0 aromatic rings. The highest BCUT2D eigenvalue weighted by molar-refractivity contribution is 4.88. The minimum Gasteiger partial charge on any atom is -0.395 e. The van der Waals surface area contributed by atoms with Crippen LogP contribution in [0.15, 0.2) is 0 Å². The summed E-state index contributed by atoms with van der Waals surface area (Å²) in [6.07, 6.45) is 0. The summed E-state index contributed by atoms with van der Waals surface area (Å²) < 4.78 is 0. The van der Waals surface area contributed by atoms with Gasteiger partial charge in [-0.2, -0.15) is 0 Å². The number of hydrogen-bond donors (Lipinski definition) is 2. The summed E-state index contributed by atoms with van der Waals surface area (Å²) in [5.41, 5.74) is 6.17. The van der Waals surface area contributed by atoms with Gasteiger partial charge in [-0.3, -0.25) is 4.90 Å². The van der Waals surface area contributed by atoms with Crippen molar-refractivity contribution in [2.45, 2.75) is 38.9 Å². The zero-order valence-electron chi connectivity index (χ0n) is 11.1. The quantitative estimate of drug-likeness (QED) is 0.711. The Morgan fingerprint density at radius 1 is 1.38 bits per heavy atom. The van der Waals surface area contributed by atoms with Gasteiger partial charge in [0.25, 0.3) is 0 Å². The van der Waals surface area contributed by atoms with Crippen LogP contribution in [0.25, 0.3) is 0 Å². The Bertz CT molecular complexity index is 210. The van der Waals surface area contributed by atoms with E-state index in [1.807, 2.05) is 0 Å². The van der Waals surface area contributed by atoms with E-state index in [9.17, 15) is 5.11 Å². The summed E-state index contributed by atoms with van der Waals surface area (Å²) in [6, 6.07) is 0.707. The molecule has 3 unspecified atom stereocenters. The van der Waals surface area contributed by atoms with Gasteiger partial charge in [-0.1, -0.05) is 13.8 Å². The fraction of sp³-hybridized carbons (Fsp3) is 1.00. The van der Waals surface area contributed by atoms with Crippen molar-refractivity contribution < 1.29 is 5.11 Å². The minimum atomic E-state index is 0.0561. The largest absolute Gasteiger partial charge is 0.395 e. The van der Waals surface area contributed by atoms with E-state index in [1.165, 1.54) is 0 Å². The molecule has 3 atom stereocenters. The number of hydrogen-bond acceptors (Lipinski definition) is 4. The van der Waals surface area contributed by atoms with Gasteiger partial charge in [0, 0.05) is 37.8 Å². The van der Waals surface area contributed by atoms with E-state index >= 15 is 0 Å². The standard InChI is InChI=1S/C12H27N3O/c1-9(2)12(13)11(8-16)15-6-5-14(4)10(3)7-15/h9-12,16H,5-8,13H2,1-4H3. The molecule has 4 nitrogen and oxygen atoms in total. The second kappa shape index (κ2) is 5.96. The molecule has 0 aromatic carbocycles. The lowest BCUT2D eigenvalue weighted by Gasteiger charge is -2.43. The van der Waals surface area contributed by atoms with Gasteiger partial charge in [-0.25, -0.2) is 0 Å². The molecular formula is C12H27N3O. The van der Waals surface area contributed by atoms with Gasteiger partial charge in [-0.15, -0.1) is 0 Å². The second-order valence-corrected chi connectivity index (χ2v) is 5.40. The number of aliphatic hydroxyl groups is 1. The van der Waals surface area contributed by atoms with Gasteiger partial charge in [-0.05, 0) is 19.9 Å². The maximum Gasteiger partial charge on any atom is 0.0602 e. The highest BCUT2D eigenvalue weighted by atomic mass is 16.3. The van der Waals surface area contributed by atoms with Gasteiger partial charge >= 0.3 is 0 Å². The molecule has 3 N–H and O–H groups in total. The molecule has 1 aliphatic heterocycles. The van der Waals surface area contributed by atoms with Crippen molar-refractivity contribution in [3.8, 4) is 0 Å². The van der Waals surface area contributed by atoms with Crippen LogP contribution >= 0.6 is 0 Å². The van der Waals surface area contributed by atoms with E-state index in [4.69, 9.17) is 5.73 Å². The van der Waals surface area contributed by atoms with Crippen molar-refractivity contribution in [2.75, 3.05) is 33.3 Å². The van der Waals surface area contributed by atoms with Crippen LogP contribution in [0, 0.1) is 5.92 Å². The minimum absolute atomic E-state index is 0.0561. The lowest BCUT2D eigenvalue weighted by molar-refractivity contribution is 0.0298. The molecule has 0 aliphatic carbocycles. The van der Waals surface area contributed by atoms with E-state index in [-0.39, 0.29) is 18.7 Å². The number of rotatable bonds is 4. The van der Waals surface area contributed by atoms with Gasteiger partial charge < -0.3 is 15.7 Å². The zero-order valence-corrected chi connectivity index (χ0v) is 11.1. The first-order valence-electron chi connectivity index (χ1n) is 6.28. The van der Waals surface area contributed by atoms with Crippen LogP contribution in [0.1, 0.15) is 20.8 Å². The molecule has 0 amide bonds. The third kappa shape index (κ3) is 3.17. The Labute approximate surface area is 99.4 Å². The van der Waals surface area contributed by atoms with Crippen molar-refractivity contribution in [1.82, 2.24) is 9.80 Å². The molecular weight excluding hydrogens is 202 g/mol. The summed E-state index contributed by atoms with van der Waals surface area (Å²) in [4.78, 5) is 4.70. The third-order valence-electron chi connectivity index (χ3n) is 3.86. The highest BCUT2D eigenvalue weighted by Crippen LogP contribution is 2.15. The van der Waals surface area contributed by atoms with Crippen molar-refractivity contribution in [2.24, 2.45) is 11.7 Å². The molecule has 16 heavy (non-hydrogen) atoms. The summed E-state index contributed by atoms with van der Waals surface area (Å²) in [5, 5.41) is 9.51. The maximum absolute atomic E-state index is 9.51. The van der Waals surface area contributed by atoms with Crippen LogP contribution in [0.4, 0.5) is 0 Å². The molecule has 1 rings (SSSR count). The van der Waals surface area contributed by atoms with Crippen LogP contribution in [0.3, 0.4) is 0 Å². The van der Waals surface area contributed by atoms with Crippen LogP contribution in [0.5, 0.6) is 0 Å². The van der Waals surface area contributed by atoms with E-state index in [0.717, 1.165) is 19.6 Å². The first kappa shape index (κ1) is 13.9. The molecule has 1 saturated heterocycles.